The summed E-state index contributed by atoms with van der Waals surface area (Å²) in [4.78, 5) is 43.0. The van der Waals surface area contributed by atoms with Gasteiger partial charge in [0.1, 0.15) is 0 Å². The zero-order chi connectivity index (χ0) is 28.6. The van der Waals surface area contributed by atoms with Crippen LogP contribution < -0.4 is 4.90 Å². The number of nitrogens with zero attached hydrogens (tertiary/aromatic N) is 2. The lowest BCUT2D eigenvalue weighted by Gasteiger charge is -2.33. The van der Waals surface area contributed by atoms with Gasteiger partial charge >= 0.3 is 5.97 Å². The number of anilines is 1. The number of piperidine rings is 1. The van der Waals surface area contributed by atoms with Crippen LogP contribution in [0.5, 0.6) is 0 Å². The Labute approximate surface area is 240 Å². The van der Waals surface area contributed by atoms with Crippen molar-refractivity contribution in [3.05, 3.63) is 77.4 Å². The normalized spacial score (nSPS) is 20.4. The van der Waals surface area contributed by atoms with Gasteiger partial charge in [-0.25, -0.2) is 0 Å². The molecule has 7 heteroatoms. The average Bonchev–Trinajstić information content (AvgIpc) is 3.02. The maximum absolute atomic E-state index is 14.3. The third kappa shape index (κ3) is 5.90. The summed E-state index contributed by atoms with van der Waals surface area (Å²) in [5.41, 5.74) is 4.13. The average molecular weight is 559 g/mol. The molecule has 2 atom stereocenters. The smallest absolute Gasteiger partial charge is 0.306 e. The molecule has 1 fully saturated rings. The molecule has 2 aliphatic rings. The molecule has 0 aliphatic carbocycles. The highest BCUT2D eigenvalue weighted by Crippen LogP contribution is 2.49. The minimum Gasteiger partial charge on any atom is -0.481 e. The minimum absolute atomic E-state index is 0.0402. The lowest BCUT2D eigenvalue weighted by molar-refractivity contribution is -0.145. The van der Waals surface area contributed by atoms with E-state index in [9.17, 15) is 19.5 Å². The van der Waals surface area contributed by atoms with Gasteiger partial charge in [0.15, 0.2) is 0 Å². The zero-order valence-electron chi connectivity index (χ0n) is 23.7. The van der Waals surface area contributed by atoms with E-state index in [1.54, 1.807) is 16.7 Å². The molecule has 3 aromatic carbocycles. The van der Waals surface area contributed by atoms with Crippen LogP contribution in [0.15, 0.2) is 60.7 Å². The Hall–Kier alpha value is -3.32. The number of fused-ring (bicyclic) bond motifs is 2. The number of aliphatic carboxylic acids is 1. The van der Waals surface area contributed by atoms with E-state index in [0.29, 0.717) is 32.5 Å². The quantitative estimate of drug-likeness (QED) is 0.390. The number of carbonyl (C=O) groups excluding carboxylic acids is 2. The van der Waals surface area contributed by atoms with Gasteiger partial charge in [-0.05, 0) is 53.1 Å². The van der Waals surface area contributed by atoms with E-state index in [0.717, 1.165) is 33.2 Å². The first-order chi connectivity index (χ1) is 19.0. The van der Waals surface area contributed by atoms with Gasteiger partial charge in [0.05, 0.1) is 16.4 Å². The standard InChI is InChI=1S/C33H38N2O4S/c1-21-12-13-27-26(18-21)30(25-11-7-9-22-8-5-6-10-24(22)25)40-28(31(37)35(27)20-33(2,3)4)19-29(36)34-16-14-23(15-17-34)32(38)39/h5-13,18,23,28,30H,14-17,19-20H2,1-4H3,(H,38,39). The fourth-order valence-electron chi connectivity index (χ4n) is 5.87. The van der Waals surface area contributed by atoms with E-state index < -0.39 is 17.1 Å². The van der Waals surface area contributed by atoms with Gasteiger partial charge in [0.25, 0.3) is 0 Å². The largest absolute Gasteiger partial charge is 0.481 e. The van der Waals surface area contributed by atoms with Crippen molar-refractivity contribution in [3.63, 3.8) is 0 Å². The highest BCUT2D eigenvalue weighted by molar-refractivity contribution is 8.01. The van der Waals surface area contributed by atoms with Crippen molar-refractivity contribution >= 4 is 46.0 Å². The molecule has 6 nitrogen and oxygen atoms in total. The minimum atomic E-state index is -0.801. The molecule has 0 aromatic heterocycles. The predicted octanol–water partition coefficient (Wildman–Crippen LogP) is 6.45. The summed E-state index contributed by atoms with van der Waals surface area (Å²) < 4.78 is 0. The summed E-state index contributed by atoms with van der Waals surface area (Å²) in [6, 6.07) is 21.0. The molecule has 2 heterocycles. The molecule has 210 valence electrons. The van der Waals surface area contributed by atoms with Crippen LogP contribution in [0.1, 0.15) is 62.0 Å². The maximum Gasteiger partial charge on any atom is 0.306 e. The third-order valence-electron chi connectivity index (χ3n) is 7.89. The van der Waals surface area contributed by atoms with Gasteiger partial charge < -0.3 is 14.9 Å². The molecule has 0 radical (unpaired) electrons. The van der Waals surface area contributed by atoms with Crippen molar-refractivity contribution < 1.29 is 19.5 Å². The van der Waals surface area contributed by atoms with Crippen molar-refractivity contribution in [1.82, 2.24) is 4.90 Å². The Balaban J connectivity index is 1.56. The van der Waals surface area contributed by atoms with Gasteiger partial charge in [0.2, 0.25) is 11.8 Å². The van der Waals surface area contributed by atoms with Gasteiger partial charge in [-0.3, -0.25) is 14.4 Å². The van der Waals surface area contributed by atoms with Crippen LogP contribution in [0.2, 0.25) is 0 Å². The Bertz CT molecular complexity index is 1430. The summed E-state index contributed by atoms with van der Waals surface area (Å²) in [5.74, 6) is -1.33. The maximum atomic E-state index is 14.3. The SMILES string of the molecule is Cc1ccc2c(c1)C(c1cccc3ccccc13)SC(CC(=O)N1CCC(C(=O)O)CC1)C(=O)N2CC(C)(C)C. The monoisotopic (exact) mass is 558 g/mol. The summed E-state index contributed by atoms with van der Waals surface area (Å²) in [6.45, 7) is 9.83. The second-order valence-corrected chi connectivity index (χ2v) is 13.6. The second kappa shape index (κ2) is 11.3. The third-order valence-corrected chi connectivity index (χ3v) is 9.37. The highest BCUT2D eigenvalue weighted by Gasteiger charge is 2.40. The lowest BCUT2D eigenvalue weighted by atomic mass is 9.93. The van der Waals surface area contributed by atoms with Crippen molar-refractivity contribution in [2.24, 2.45) is 11.3 Å². The van der Waals surface area contributed by atoms with E-state index in [4.69, 9.17) is 0 Å². The predicted molar refractivity (Wildman–Crippen MR) is 162 cm³/mol. The van der Waals surface area contributed by atoms with E-state index in [2.05, 4.69) is 76.2 Å². The number of thioether (sulfide) groups is 1. The van der Waals surface area contributed by atoms with Gasteiger partial charge in [-0.1, -0.05) is 80.9 Å². The molecule has 2 aliphatic heterocycles. The van der Waals surface area contributed by atoms with Crippen LogP contribution in [0.25, 0.3) is 10.8 Å². The fourth-order valence-corrected chi connectivity index (χ4v) is 7.37. The number of benzene rings is 3. The van der Waals surface area contributed by atoms with E-state index in [1.165, 1.54) is 0 Å². The Morgan fingerprint density at radius 3 is 2.38 bits per heavy atom. The molecule has 40 heavy (non-hydrogen) atoms. The number of carbonyl (C=O) groups is 3. The number of aryl methyl sites for hydroxylation is 1. The molecule has 2 unspecified atom stereocenters. The van der Waals surface area contributed by atoms with Gasteiger partial charge in [-0.15, -0.1) is 11.8 Å². The van der Waals surface area contributed by atoms with Gasteiger partial charge in [-0.2, -0.15) is 0 Å². The summed E-state index contributed by atoms with van der Waals surface area (Å²) in [5, 5.41) is 11.0. The molecular weight excluding hydrogens is 520 g/mol. The first-order valence-electron chi connectivity index (χ1n) is 14.1. The van der Waals surface area contributed by atoms with E-state index >= 15 is 0 Å². The Morgan fingerprint density at radius 2 is 1.68 bits per heavy atom. The van der Waals surface area contributed by atoms with Crippen molar-refractivity contribution in [3.8, 4) is 0 Å². The molecule has 2 amide bonds. The van der Waals surface area contributed by atoms with Crippen LogP contribution in [0, 0.1) is 18.3 Å². The van der Waals surface area contributed by atoms with Crippen LogP contribution >= 0.6 is 11.8 Å². The van der Waals surface area contributed by atoms with Crippen LogP contribution in [0.4, 0.5) is 5.69 Å². The lowest BCUT2D eigenvalue weighted by Crippen LogP contribution is -2.45. The molecule has 0 saturated carbocycles. The highest BCUT2D eigenvalue weighted by atomic mass is 32.2. The number of carboxylic acids is 1. The Morgan fingerprint density at radius 1 is 0.975 bits per heavy atom. The number of amides is 2. The molecule has 0 spiro atoms. The van der Waals surface area contributed by atoms with Crippen molar-refractivity contribution in [2.75, 3.05) is 24.5 Å². The summed E-state index contributed by atoms with van der Waals surface area (Å²) in [6.07, 6.45) is 0.995. The number of rotatable bonds is 5. The molecule has 1 N–H and O–H groups in total. The Kier molecular flexibility index (Phi) is 7.96. The van der Waals surface area contributed by atoms with E-state index in [-0.39, 0.29) is 28.9 Å². The van der Waals surface area contributed by atoms with Crippen LogP contribution in [-0.4, -0.2) is 52.7 Å². The number of carboxylic acid groups (broad SMARTS) is 1. The topological polar surface area (TPSA) is 77.9 Å². The van der Waals surface area contributed by atoms with Crippen LogP contribution in [0.3, 0.4) is 0 Å². The summed E-state index contributed by atoms with van der Waals surface area (Å²) in [7, 11) is 0. The number of hydrogen-bond acceptors (Lipinski definition) is 4. The molecule has 0 bridgehead atoms. The van der Waals surface area contributed by atoms with Crippen LogP contribution in [-0.2, 0) is 14.4 Å². The first-order valence-corrected chi connectivity index (χ1v) is 15.0. The number of hydrogen-bond donors (Lipinski definition) is 1. The molecular formula is C33H38N2O4S. The van der Waals surface area contributed by atoms with E-state index in [1.807, 2.05) is 17.0 Å². The number of likely N-dealkylation sites (tertiary alicyclic amines) is 1. The van der Waals surface area contributed by atoms with Crippen molar-refractivity contribution in [1.29, 1.82) is 0 Å². The van der Waals surface area contributed by atoms with Crippen molar-refractivity contribution in [2.45, 2.75) is 57.5 Å². The molecule has 3 aromatic rings. The molecule has 1 saturated heterocycles. The second-order valence-electron chi connectivity index (χ2n) is 12.3. The fraction of sp³-hybridized carbons (Fsp3) is 0.424. The first kappa shape index (κ1) is 28.2. The summed E-state index contributed by atoms with van der Waals surface area (Å²) >= 11 is 1.57. The zero-order valence-corrected chi connectivity index (χ0v) is 24.5. The molecule has 5 rings (SSSR count). The van der Waals surface area contributed by atoms with Gasteiger partial charge in [0, 0.05) is 31.7 Å².